The van der Waals surface area contributed by atoms with Crippen LogP contribution in [0, 0.1) is 6.20 Å². The second kappa shape index (κ2) is 4.64. The Hall–Kier alpha value is -1.77. The van der Waals surface area contributed by atoms with E-state index in [0.717, 1.165) is 17.5 Å². The molecule has 3 heteroatoms. The van der Waals surface area contributed by atoms with Crippen molar-refractivity contribution in [3.05, 3.63) is 36.5 Å². The third-order valence-corrected chi connectivity index (χ3v) is 2.07. The molecule has 1 heterocycles. The van der Waals surface area contributed by atoms with E-state index in [-0.39, 0.29) is 0 Å². The van der Waals surface area contributed by atoms with Crippen molar-refractivity contribution in [2.24, 2.45) is 0 Å². The van der Waals surface area contributed by atoms with Crippen LogP contribution < -0.4 is 4.74 Å². The van der Waals surface area contributed by atoms with Gasteiger partial charge in [-0.1, -0.05) is 37.3 Å². The number of aromatic amines is 1. The first-order valence-electron chi connectivity index (χ1n) is 5.06. The van der Waals surface area contributed by atoms with Gasteiger partial charge in [0.05, 0.1) is 12.2 Å². The highest BCUT2D eigenvalue weighted by Gasteiger charge is 2.08. The van der Waals surface area contributed by atoms with Gasteiger partial charge in [-0.05, 0) is 12.0 Å². The average molecular weight is 201 g/mol. The summed E-state index contributed by atoms with van der Waals surface area (Å²) >= 11 is 0. The van der Waals surface area contributed by atoms with E-state index in [0.29, 0.717) is 12.5 Å². The van der Waals surface area contributed by atoms with Crippen molar-refractivity contribution in [3.8, 4) is 17.0 Å². The van der Waals surface area contributed by atoms with Crippen molar-refractivity contribution < 1.29 is 4.74 Å². The number of H-pyrrole nitrogens is 1. The number of nitrogens with zero attached hydrogens (tertiary/aromatic N) is 1. The molecule has 1 radical (unpaired) electrons. The molecule has 1 aromatic carbocycles. The highest BCUT2D eigenvalue weighted by Crippen LogP contribution is 2.26. The Labute approximate surface area is 89.1 Å². The molecule has 0 aliphatic rings. The number of ether oxygens (including phenoxy) is 1. The molecular formula is C12H13N2O. The van der Waals surface area contributed by atoms with E-state index in [9.17, 15) is 0 Å². The predicted molar refractivity (Wildman–Crippen MR) is 58.6 cm³/mol. The number of aromatic nitrogens is 2. The van der Waals surface area contributed by atoms with Crippen molar-refractivity contribution in [1.82, 2.24) is 10.2 Å². The molecule has 2 aromatic rings. The van der Waals surface area contributed by atoms with E-state index in [1.54, 1.807) is 0 Å². The van der Waals surface area contributed by atoms with Crippen molar-refractivity contribution in [2.75, 3.05) is 6.61 Å². The molecule has 0 aliphatic heterocycles. The molecule has 3 nitrogen and oxygen atoms in total. The molecule has 1 N–H and O–H groups in total. The number of benzene rings is 1. The molecule has 0 saturated heterocycles. The summed E-state index contributed by atoms with van der Waals surface area (Å²) in [7, 11) is 0. The zero-order valence-corrected chi connectivity index (χ0v) is 8.66. The summed E-state index contributed by atoms with van der Waals surface area (Å²) in [5.74, 6) is 0.697. The lowest BCUT2D eigenvalue weighted by molar-refractivity contribution is 0.306. The summed E-state index contributed by atoms with van der Waals surface area (Å²) in [4.78, 5) is 0. The van der Waals surface area contributed by atoms with Gasteiger partial charge in [0, 0.05) is 0 Å². The second-order valence-electron chi connectivity index (χ2n) is 3.25. The Balaban J connectivity index is 2.25. The molecule has 0 atom stereocenters. The smallest absolute Gasteiger partial charge is 0.217 e. The summed E-state index contributed by atoms with van der Waals surface area (Å²) < 4.78 is 5.53. The maximum atomic E-state index is 5.53. The van der Waals surface area contributed by atoms with Gasteiger partial charge in [0.1, 0.15) is 6.20 Å². The number of hydrogen-bond acceptors (Lipinski definition) is 2. The van der Waals surface area contributed by atoms with E-state index in [4.69, 9.17) is 4.74 Å². The van der Waals surface area contributed by atoms with Gasteiger partial charge in [-0.25, -0.2) is 5.10 Å². The second-order valence-corrected chi connectivity index (χ2v) is 3.25. The van der Waals surface area contributed by atoms with Crippen LogP contribution in [0.5, 0.6) is 5.88 Å². The molecule has 0 spiro atoms. The van der Waals surface area contributed by atoms with Crippen LogP contribution in [-0.2, 0) is 0 Å². The lowest BCUT2D eigenvalue weighted by atomic mass is 10.1. The van der Waals surface area contributed by atoms with Crippen LogP contribution in [0.3, 0.4) is 0 Å². The van der Waals surface area contributed by atoms with Crippen molar-refractivity contribution >= 4 is 0 Å². The molecule has 1 aromatic heterocycles. The fourth-order valence-corrected chi connectivity index (χ4v) is 1.35. The van der Waals surface area contributed by atoms with Crippen molar-refractivity contribution in [1.29, 1.82) is 0 Å². The first-order chi connectivity index (χ1) is 7.42. The lowest BCUT2D eigenvalue weighted by Crippen LogP contribution is -1.96. The van der Waals surface area contributed by atoms with E-state index in [2.05, 4.69) is 23.3 Å². The van der Waals surface area contributed by atoms with Gasteiger partial charge in [-0.15, -0.1) is 0 Å². The van der Waals surface area contributed by atoms with Gasteiger partial charge in [-0.3, -0.25) is 0 Å². The first kappa shape index (κ1) is 9.77. The van der Waals surface area contributed by atoms with Gasteiger partial charge in [-0.2, -0.15) is 5.10 Å². The maximum absolute atomic E-state index is 5.53. The quantitative estimate of drug-likeness (QED) is 0.825. The van der Waals surface area contributed by atoms with Crippen LogP contribution in [0.2, 0.25) is 0 Å². The van der Waals surface area contributed by atoms with Gasteiger partial charge in [0.15, 0.2) is 0 Å². The molecule has 0 aliphatic carbocycles. The number of nitrogens with one attached hydrogen (secondary N) is 1. The average Bonchev–Trinajstić information content (AvgIpc) is 2.75. The highest BCUT2D eigenvalue weighted by molar-refractivity contribution is 5.66. The number of rotatable bonds is 4. The molecule has 77 valence electrons. The SMILES string of the molecule is CCCOc1[nH]n[c]c1-c1ccccc1. The Morgan fingerprint density at radius 3 is 2.87 bits per heavy atom. The summed E-state index contributed by atoms with van der Waals surface area (Å²) in [5.41, 5.74) is 1.96. The van der Waals surface area contributed by atoms with Crippen LogP contribution in [0.4, 0.5) is 0 Å². The van der Waals surface area contributed by atoms with Gasteiger partial charge < -0.3 is 4.74 Å². The lowest BCUT2D eigenvalue weighted by Gasteiger charge is -2.04. The minimum absolute atomic E-state index is 0.690. The third-order valence-electron chi connectivity index (χ3n) is 2.07. The zero-order chi connectivity index (χ0) is 10.5. The normalized spacial score (nSPS) is 10.2. The summed E-state index contributed by atoms with van der Waals surface area (Å²) in [6.45, 7) is 2.76. The molecule has 15 heavy (non-hydrogen) atoms. The molecule has 2 rings (SSSR count). The van der Waals surface area contributed by atoms with Crippen molar-refractivity contribution in [3.63, 3.8) is 0 Å². The van der Waals surface area contributed by atoms with Gasteiger partial charge in [0.25, 0.3) is 0 Å². The van der Waals surface area contributed by atoms with Crippen LogP contribution in [0.25, 0.3) is 11.1 Å². The van der Waals surface area contributed by atoms with Crippen LogP contribution in [0.1, 0.15) is 13.3 Å². The van der Waals surface area contributed by atoms with Crippen LogP contribution >= 0.6 is 0 Å². The molecule has 0 unspecified atom stereocenters. The van der Waals surface area contributed by atoms with Crippen molar-refractivity contribution in [2.45, 2.75) is 13.3 Å². The van der Waals surface area contributed by atoms with Crippen LogP contribution in [-0.4, -0.2) is 16.8 Å². The standard InChI is InChI=1S/C12H13N2O/c1-2-8-15-12-11(9-13-14-12)10-6-4-3-5-7-10/h3-7H,2,8H2,1H3,(H,13,14). The first-order valence-corrected chi connectivity index (χ1v) is 5.06. The molecule has 0 saturated carbocycles. The monoisotopic (exact) mass is 201 g/mol. The maximum Gasteiger partial charge on any atom is 0.217 e. The molecular weight excluding hydrogens is 188 g/mol. The van der Waals surface area contributed by atoms with E-state index < -0.39 is 0 Å². The Bertz CT molecular complexity index is 409. The highest BCUT2D eigenvalue weighted by atomic mass is 16.5. The summed E-state index contributed by atoms with van der Waals surface area (Å²) in [6, 6.07) is 9.98. The van der Waals surface area contributed by atoms with Gasteiger partial charge >= 0.3 is 0 Å². The molecule has 0 bridgehead atoms. The Morgan fingerprint density at radius 2 is 2.13 bits per heavy atom. The Morgan fingerprint density at radius 1 is 1.33 bits per heavy atom. The largest absolute Gasteiger partial charge is 0.478 e. The topological polar surface area (TPSA) is 37.9 Å². The van der Waals surface area contributed by atoms with E-state index >= 15 is 0 Å². The minimum atomic E-state index is 0.690. The minimum Gasteiger partial charge on any atom is -0.478 e. The third kappa shape index (κ3) is 2.18. The summed E-state index contributed by atoms with van der Waals surface area (Å²) in [5, 5.41) is 6.69. The van der Waals surface area contributed by atoms with Gasteiger partial charge in [0.2, 0.25) is 5.88 Å². The fraction of sp³-hybridized carbons (Fsp3) is 0.250. The summed E-state index contributed by atoms with van der Waals surface area (Å²) in [6.07, 6.45) is 3.88. The zero-order valence-electron chi connectivity index (χ0n) is 8.66. The van der Waals surface area contributed by atoms with Crippen LogP contribution in [0.15, 0.2) is 30.3 Å². The predicted octanol–water partition coefficient (Wildman–Crippen LogP) is 2.67. The van der Waals surface area contributed by atoms with E-state index in [1.807, 2.05) is 30.3 Å². The molecule has 0 fully saturated rings. The molecule has 0 amide bonds. The Kier molecular flexibility index (Phi) is 3.02. The number of hydrogen-bond donors (Lipinski definition) is 1. The van der Waals surface area contributed by atoms with E-state index in [1.165, 1.54) is 0 Å². The fourth-order valence-electron chi connectivity index (χ4n) is 1.35.